The molecule has 1 fully saturated rings. The number of hydrogen-bond acceptors (Lipinski definition) is 4. The molecule has 1 aliphatic heterocycles. The zero-order valence-corrected chi connectivity index (χ0v) is 15.8. The van der Waals surface area contributed by atoms with Crippen molar-refractivity contribution in [2.75, 3.05) is 60.4 Å². The Kier molecular flexibility index (Phi) is 7.33. The summed E-state index contributed by atoms with van der Waals surface area (Å²) in [5, 5.41) is 5.67. The van der Waals surface area contributed by atoms with Crippen LogP contribution in [0.15, 0.2) is 22.5 Å². The second-order valence-corrected chi connectivity index (χ2v) is 7.40. The van der Waals surface area contributed by atoms with E-state index in [1.54, 1.807) is 0 Å². The first kappa shape index (κ1) is 18.2. The van der Waals surface area contributed by atoms with E-state index in [4.69, 9.17) is 0 Å². The van der Waals surface area contributed by atoms with Crippen LogP contribution in [-0.2, 0) is 6.42 Å². The van der Waals surface area contributed by atoms with Crippen molar-refractivity contribution >= 4 is 17.3 Å². The highest BCUT2D eigenvalue weighted by Gasteiger charge is 2.19. The summed E-state index contributed by atoms with van der Waals surface area (Å²) < 4.78 is 0. The molecule has 2 heterocycles. The third-order valence-electron chi connectivity index (χ3n) is 4.56. The Morgan fingerprint density at radius 1 is 1.39 bits per heavy atom. The lowest BCUT2D eigenvalue weighted by atomic mass is 10.2. The Morgan fingerprint density at radius 2 is 2.13 bits per heavy atom. The molecule has 0 bridgehead atoms. The minimum absolute atomic E-state index is 0.533. The van der Waals surface area contributed by atoms with Gasteiger partial charge in [-0.05, 0) is 31.8 Å². The van der Waals surface area contributed by atoms with Crippen molar-refractivity contribution in [3.63, 3.8) is 0 Å². The van der Waals surface area contributed by atoms with Crippen LogP contribution in [0.1, 0.15) is 11.8 Å². The number of rotatable bonds is 6. The Labute approximate surface area is 145 Å². The zero-order valence-electron chi connectivity index (χ0n) is 15.0. The standard InChI is InChI=1S/C17H31N5S/c1-15(22-11-9-20(3)10-12-22)14-19-17(18-2)21(4)8-7-16-6-5-13-23-16/h5-6,13,15H,7-12,14H2,1-4H3,(H,18,19). The molecule has 0 aliphatic carbocycles. The van der Waals surface area contributed by atoms with Gasteiger partial charge >= 0.3 is 0 Å². The van der Waals surface area contributed by atoms with Gasteiger partial charge in [0, 0.05) is 64.3 Å². The van der Waals surface area contributed by atoms with Crippen molar-refractivity contribution in [2.45, 2.75) is 19.4 Å². The number of nitrogens with one attached hydrogen (secondary N) is 1. The Bertz CT molecular complexity index is 465. The largest absolute Gasteiger partial charge is 0.355 e. The lowest BCUT2D eigenvalue weighted by molar-refractivity contribution is 0.119. The summed E-state index contributed by atoms with van der Waals surface area (Å²) in [4.78, 5) is 13.0. The van der Waals surface area contributed by atoms with Crippen molar-refractivity contribution in [1.82, 2.24) is 20.0 Å². The number of piperazine rings is 1. The van der Waals surface area contributed by atoms with Gasteiger partial charge in [0.05, 0.1) is 0 Å². The molecule has 0 amide bonds. The smallest absolute Gasteiger partial charge is 0.193 e. The van der Waals surface area contributed by atoms with Crippen LogP contribution < -0.4 is 5.32 Å². The van der Waals surface area contributed by atoms with E-state index in [1.807, 2.05) is 18.4 Å². The number of guanidine groups is 1. The molecule has 1 aromatic heterocycles. The van der Waals surface area contributed by atoms with Crippen molar-refractivity contribution in [3.05, 3.63) is 22.4 Å². The number of likely N-dealkylation sites (N-methyl/N-ethyl adjacent to an activating group) is 2. The molecule has 0 aromatic carbocycles. The van der Waals surface area contributed by atoms with E-state index in [9.17, 15) is 0 Å². The van der Waals surface area contributed by atoms with Gasteiger partial charge in [-0.25, -0.2) is 0 Å². The molecule has 1 aromatic rings. The molecule has 1 saturated heterocycles. The van der Waals surface area contributed by atoms with Crippen LogP contribution in [0.4, 0.5) is 0 Å². The first-order valence-corrected chi connectivity index (χ1v) is 9.35. The molecule has 1 aliphatic rings. The molecule has 1 atom stereocenters. The van der Waals surface area contributed by atoms with Crippen LogP contribution in [-0.4, -0.2) is 87.1 Å². The van der Waals surface area contributed by atoms with Gasteiger partial charge in [-0.2, -0.15) is 0 Å². The molecule has 1 N–H and O–H groups in total. The van der Waals surface area contributed by atoms with Crippen LogP contribution in [0.3, 0.4) is 0 Å². The van der Waals surface area contributed by atoms with Gasteiger partial charge in [0.15, 0.2) is 5.96 Å². The van der Waals surface area contributed by atoms with Crippen LogP contribution in [0.2, 0.25) is 0 Å². The molecule has 0 spiro atoms. The lowest BCUT2D eigenvalue weighted by Crippen LogP contribution is -2.52. The van der Waals surface area contributed by atoms with E-state index in [0.29, 0.717) is 6.04 Å². The fourth-order valence-electron chi connectivity index (χ4n) is 2.85. The van der Waals surface area contributed by atoms with Gasteiger partial charge in [0.2, 0.25) is 0 Å². The molecule has 1 unspecified atom stereocenters. The second kappa shape index (κ2) is 9.25. The van der Waals surface area contributed by atoms with Crippen LogP contribution in [0.25, 0.3) is 0 Å². The number of hydrogen-bond donors (Lipinski definition) is 1. The average molecular weight is 338 g/mol. The average Bonchev–Trinajstić information content (AvgIpc) is 3.07. The van der Waals surface area contributed by atoms with Gasteiger partial charge < -0.3 is 15.1 Å². The maximum absolute atomic E-state index is 4.43. The van der Waals surface area contributed by atoms with E-state index in [1.165, 1.54) is 18.0 Å². The van der Waals surface area contributed by atoms with Crippen molar-refractivity contribution < 1.29 is 0 Å². The minimum atomic E-state index is 0.533. The number of aliphatic imine (C=N–C) groups is 1. The topological polar surface area (TPSA) is 34.1 Å². The second-order valence-electron chi connectivity index (χ2n) is 6.37. The summed E-state index contributed by atoms with van der Waals surface area (Å²) in [5.74, 6) is 0.988. The molecule has 0 saturated carbocycles. The highest BCUT2D eigenvalue weighted by molar-refractivity contribution is 7.09. The Hall–Kier alpha value is -1.11. The fourth-order valence-corrected chi connectivity index (χ4v) is 3.55. The summed E-state index contributed by atoms with van der Waals surface area (Å²) in [6, 6.07) is 4.85. The van der Waals surface area contributed by atoms with Gasteiger partial charge in [0.25, 0.3) is 0 Å². The van der Waals surface area contributed by atoms with Crippen LogP contribution in [0.5, 0.6) is 0 Å². The molecular formula is C17H31N5S. The van der Waals surface area contributed by atoms with Crippen LogP contribution in [0, 0.1) is 0 Å². The number of nitrogens with zero attached hydrogens (tertiary/aromatic N) is 4. The summed E-state index contributed by atoms with van der Waals surface area (Å²) >= 11 is 1.82. The minimum Gasteiger partial charge on any atom is -0.355 e. The van der Waals surface area contributed by atoms with Gasteiger partial charge in [0.1, 0.15) is 0 Å². The summed E-state index contributed by atoms with van der Waals surface area (Å²) in [6.07, 6.45) is 1.07. The summed E-state index contributed by atoms with van der Waals surface area (Å²) in [5.41, 5.74) is 0. The van der Waals surface area contributed by atoms with E-state index in [0.717, 1.165) is 38.6 Å². The zero-order chi connectivity index (χ0) is 16.7. The predicted octanol–water partition coefficient (Wildman–Crippen LogP) is 1.43. The molecular weight excluding hydrogens is 306 g/mol. The first-order chi connectivity index (χ1) is 11.1. The maximum atomic E-state index is 4.43. The highest BCUT2D eigenvalue weighted by atomic mass is 32.1. The Morgan fingerprint density at radius 3 is 2.74 bits per heavy atom. The van der Waals surface area contributed by atoms with Crippen molar-refractivity contribution in [2.24, 2.45) is 4.99 Å². The quantitative estimate of drug-likeness (QED) is 0.629. The maximum Gasteiger partial charge on any atom is 0.193 e. The van der Waals surface area contributed by atoms with Gasteiger partial charge in [-0.15, -0.1) is 11.3 Å². The normalized spacial score (nSPS) is 18.9. The Balaban J connectivity index is 1.73. The summed E-state index contributed by atoms with van der Waals surface area (Å²) in [6.45, 7) is 8.89. The van der Waals surface area contributed by atoms with Gasteiger partial charge in [-0.1, -0.05) is 6.07 Å². The third-order valence-corrected chi connectivity index (χ3v) is 5.50. The van der Waals surface area contributed by atoms with E-state index >= 15 is 0 Å². The molecule has 130 valence electrons. The third kappa shape index (κ3) is 5.79. The monoisotopic (exact) mass is 337 g/mol. The molecule has 23 heavy (non-hydrogen) atoms. The van der Waals surface area contributed by atoms with E-state index < -0.39 is 0 Å². The molecule has 2 rings (SSSR count). The molecule has 0 radical (unpaired) electrons. The predicted molar refractivity (Wildman–Crippen MR) is 101 cm³/mol. The highest BCUT2D eigenvalue weighted by Crippen LogP contribution is 2.09. The van der Waals surface area contributed by atoms with Gasteiger partial charge in [-0.3, -0.25) is 9.89 Å². The lowest BCUT2D eigenvalue weighted by Gasteiger charge is -2.37. The summed E-state index contributed by atoms with van der Waals surface area (Å²) in [7, 11) is 6.18. The van der Waals surface area contributed by atoms with Crippen molar-refractivity contribution in [1.29, 1.82) is 0 Å². The van der Waals surface area contributed by atoms with E-state index in [2.05, 4.69) is 63.5 Å². The number of thiophene rings is 1. The van der Waals surface area contributed by atoms with E-state index in [-0.39, 0.29) is 0 Å². The van der Waals surface area contributed by atoms with Crippen LogP contribution >= 0.6 is 11.3 Å². The SMILES string of the molecule is CN=C(NCC(C)N1CCN(C)CC1)N(C)CCc1cccs1. The van der Waals surface area contributed by atoms with Crippen molar-refractivity contribution in [3.8, 4) is 0 Å². The first-order valence-electron chi connectivity index (χ1n) is 8.47. The fraction of sp³-hybridized carbons (Fsp3) is 0.706. The molecule has 6 heteroatoms. The molecule has 5 nitrogen and oxygen atoms in total.